The highest BCUT2D eigenvalue weighted by molar-refractivity contribution is 9.11. The number of anilines is 1. The van der Waals surface area contributed by atoms with E-state index in [1.165, 1.54) is 4.88 Å². The SMILES string of the molecule is CC(C)NC(=O)Nc1cccc(C(=O)N2CCN(Cc3ccc(Br)s3)CC2)c1. The molecule has 1 saturated heterocycles. The van der Waals surface area contributed by atoms with Gasteiger partial charge in [0.25, 0.3) is 5.91 Å². The average molecular weight is 465 g/mol. The van der Waals surface area contributed by atoms with Gasteiger partial charge < -0.3 is 15.5 Å². The molecule has 0 unspecified atom stereocenters. The van der Waals surface area contributed by atoms with E-state index in [9.17, 15) is 9.59 Å². The lowest BCUT2D eigenvalue weighted by Gasteiger charge is -2.34. The minimum absolute atomic E-state index is 0.00596. The molecule has 3 amide bonds. The number of piperazine rings is 1. The van der Waals surface area contributed by atoms with Gasteiger partial charge in [-0.15, -0.1) is 11.3 Å². The third-order valence-electron chi connectivity index (χ3n) is 4.45. The highest BCUT2D eigenvalue weighted by atomic mass is 79.9. The molecular formula is C20H25BrN4O2S. The number of thiophene rings is 1. The Hall–Kier alpha value is -1.90. The van der Waals surface area contributed by atoms with Gasteiger partial charge >= 0.3 is 6.03 Å². The zero-order chi connectivity index (χ0) is 20.1. The molecule has 1 aromatic heterocycles. The molecular weight excluding hydrogens is 440 g/mol. The molecule has 0 bridgehead atoms. The number of halogens is 1. The molecule has 2 heterocycles. The Morgan fingerprint density at radius 2 is 1.89 bits per heavy atom. The maximum absolute atomic E-state index is 12.9. The minimum Gasteiger partial charge on any atom is -0.336 e. The summed E-state index contributed by atoms with van der Waals surface area (Å²) < 4.78 is 1.15. The molecule has 2 aromatic rings. The first-order valence-electron chi connectivity index (χ1n) is 9.34. The van der Waals surface area contributed by atoms with Crippen molar-refractivity contribution in [3.63, 3.8) is 0 Å². The lowest BCUT2D eigenvalue weighted by atomic mass is 10.1. The molecule has 0 atom stereocenters. The second-order valence-corrected chi connectivity index (χ2v) is 9.66. The Balaban J connectivity index is 1.54. The zero-order valence-electron chi connectivity index (χ0n) is 16.1. The normalized spacial score (nSPS) is 14.9. The predicted molar refractivity (Wildman–Crippen MR) is 117 cm³/mol. The van der Waals surface area contributed by atoms with Gasteiger partial charge in [0, 0.05) is 54.9 Å². The summed E-state index contributed by atoms with van der Waals surface area (Å²) in [4.78, 5) is 30.3. The topological polar surface area (TPSA) is 64.7 Å². The van der Waals surface area contributed by atoms with Crippen molar-refractivity contribution in [2.24, 2.45) is 0 Å². The summed E-state index contributed by atoms with van der Waals surface area (Å²) in [5.74, 6) is 0.00596. The number of rotatable bonds is 5. The number of hydrogen-bond acceptors (Lipinski definition) is 4. The van der Waals surface area contributed by atoms with Crippen LogP contribution in [0.3, 0.4) is 0 Å². The molecule has 6 nitrogen and oxygen atoms in total. The van der Waals surface area contributed by atoms with E-state index < -0.39 is 0 Å². The van der Waals surface area contributed by atoms with Crippen molar-refractivity contribution in [2.75, 3.05) is 31.5 Å². The van der Waals surface area contributed by atoms with Crippen molar-refractivity contribution >= 4 is 44.9 Å². The van der Waals surface area contributed by atoms with Crippen molar-refractivity contribution in [1.29, 1.82) is 0 Å². The summed E-state index contributed by atoms with van der Waals surface area (Å²) in [5.41, 5.74) is 1.21. The van der Waals surface area contributed by atoms with E-state index in [1.807, 2.05) is 18.7 Å². The fraction of sp³-hybridized carbons (Fsp3) is 0.400. The Kier molecular flexibility index (Phi) is 7.09. The number of carbonyl (C=O) groups excluding carboxylic acids is 2. The van der Waals surface area contributed by atoms with Gasteiger partial charge in [-0.2, -0.15) is 0 Å². The van der Waals surface area contributed by atoms with Gasteiger partial charge in [-0.05, 0) is 60.1 Å². The van der Waals surface area contributed by atoms with Crippen LogP contribution >= 0.6 is 27.3 Å². The van der Waals surface area contributed by atoms with Crippen molar-refractivity contribution < 1.29 is 9.59 Å². The van der Waals surface area contributed by atoms with Crippen LogP contribution in [0.5, 0.6) is 0 Å². The molecule has 1 aliphatic rings. The van der Waals surface area contributed by atoms with Crippen molar-refractivity contribution in [1.82, 2.24) is 15.1 Å². The highest BCUT2D eigenvalue weighted by Crippen LogP contribution is 2.24. The maximum Gasteiger partial charge on any atom is 0.319 e. The number of nitrogens with one attached hydrogen (secondary N) is 2. The van der Waals surface area contributed by atoms with Gasteiger partial charge in [-0.3, -0.25) is 9.69 Å². The van der Waals surface area contributed by atoms with Gasteiger partial charge in [0.05, 0.1) is 3.79 Å². The fourth-order valence-corrected chi connectivity index (χ4v) is 4.63. The van der Waals surface area contributed by atoms with E-state index in [4.69, 9.17) is 0 Å². The van der Waals surface area contributed by atoms with Crippen LogP contribution in [0.2, 0.25) is 0 Å². The lowest BCUT2D eigenvalue weighted by Crippen LogP contribution is -2.48. The number of benzene rings is 1. The lowest BCUT2D eigenvalue weighted by molar-refractivity contribution is 0.0629. The molecule has 0 spiro atoms. The van der Waals surface area contributed by atoms with Gasteiger partial charge in [0.1, 0.15) is 0 Å². The van der Waals surface area contributed by atoms with Crippen LogP contribution in [0.15, 0.2) is 40.2 Å². The standard InChI is InChI=1S/C20H25BrN4O2S/c1-14(2)22-20(27)23-16-5-3-4-15(12-16)19(26)25-10-8-24(9-11-25)13-17-6-7-18(21)28-17/h3-7,12,14H,8-11,13H2,1-2H3,(H2,22,23,27). The Labute approximate surface area is 178 Å². The van der Waals surface area contributed by atoms with Crippen molar-refractivity contribution in [2.45, 2.75) is 26.4 Å². The van der Waals surface area contributed by atoms with Crippen LogP contribution < -0.4 is 10.6 Å². The largest absolute Gasteiger partial charge is 0.336 e. The molecule has 28 heavy (non-hydrogen) atoms. The van der Waals surface area contributed by atoms with Crippen molar-refractivity contribution in [3.8, 4) is 0 Å². The number of amides is 3. The molecule has 8 heteroatoms. The van der Waals surface area contributed by atoms with Crippen LogP contribution in [0, 0.1) is 0 Å². The molecule has 150 valence electrons. The summed E-state index contributed by atoms with van der Waals surface area (Å²) in [6, 6.07) is 11.1. The van der Waals surface area contributed by atoms with Crippen LogP contribution in [-0.4, -0.2) is 54.0 Å². The Morgan fingerprint density at radius 3 is 2.54 bits per heavy atom. The number of carbonyl (C=O) groups is 2. The summed E-state index contributed by atoms with van der Waals surface area (Å²) in [7, 11) is 0. The maximum atomic E-state index is 12.9. The minimum atomic E-state index is -0.270. The second kappa shape index (κ2) is 9.54. The van der Waals surface area contributed by atoms with E-state index in [1.54, 1.807) is 35.6 Å². The average Bonchev–Trinajstić information content (AvgIpc) is 3.06. The van der Waals surface area contributed by atoms with Crippen molar-refractivity contribution in [3.05, 3.63) is 50.6 Å². The van der Waals surface area contributed by atoms with E-state index in [-0.39, 0.29) is 18.0 Å². The molecule has 0 saturated carbocycles. The van der Waals surface area contributed by atoms with E-state index >= 15 is 0 Å². The third kappa shape index (κ3) is 5.80. The molecule has 1 fully saturated rings. The molecule has 3 rings (SSSR count). The first kappa shape index (κ1) is 20.8. The molecule has 2 N–H and O–H groups in total. The Bertz CT molecular complexity index is 831. The highest BCUT2D eigenvalue weighted by Gasteiger charge is 2.22. The van der Waals surface area contributed by atoms with Gasteiger partial charge in [0.15, 0.2) is 0 Å². The number of nitrogens with zero attached hydrogens (tertiary/aromatic N) is 2. The van der Waals surface area contributed by atoms with Gasteiger partial charge in [0.2, 0.25) is 0 Å². The van der Waals surface area contributed by atoms with Crippen LogP contribution in [0.1, 0.15) is 29.1 Å². The summed E-state index contributed by atoms with van der Waals surface area (Å²) >= 11 is 5.25. The van der Waals surface area contributed by atoms with Crippen LogP contribution in [-0.2, 0) is 6.54 Å². The number of hydrogen-bond donors (Lipinski definition) is 2. The van der Waals surface area contributed by atoms with Gasteiger partial charge in [-0.1, -0.05) is 6.07 Å². The number of urea groups is 1. The van der Waals surface area contributed by atoms with E-state index in [0.29, 0.717) is 24.3 Å². The second-order valence-electron chi connectivity index (χ2n) is 7.11. The summed E-state index contributed by atoms with van der Waals surface area (Å²) in [5, 5.41) is 5.55. The summed E-state index contributed by atoms with van der Waals surface area (Å²) in [6.07, 6.45) is 0. The smallest absolute Gasteiger partial charge is 0.319 e. The molecule has 0 radical (unpaired) electrons. The quantitative estimate of drug-likeness (QED) is 0.702. The van der Waals surface area contributed by atoms with Crippen LogP contribution in [0.25, 0.3) is 0 Å². The summed E-state index contributed by atoms with van der Waals surface area (Å²) in [6.45, 7) is 7.84. The first-order valence-corrected chi connectivity index (χ1v) is 10.9. The molecule has 0 aliphatic carbocycles. The molecule has 1 aliphatic heterocycles. The zero-order valence-corrected chi connectivity index (χ0v) is 18.5. The van der Waals surface area contributed by atoms with Crippen LogP contribution in [0.4, 0.5) is 10.5 Å². The molecule has 1 aromatic carbocycles. The monoisotopic (exact) mass is 464 g/mol. The predicted octanol–water partition coefficient (Wildman–Crippen LogP) is 4.00. The van der Waals surface area contributed by atoms with E-state index in [2.05, 4.69) is 43.6 Å². The van der Waals surface area contributed by atoms with E-state index in [0.717, 1.165) is 23.4 Å². The van der Waals surface area contributed by atoms with Gasteiger partial charge in [-0.25, -0.2) is 4.79 Å². The fourth-order valence-electron chi connectivity index (χ4n) is 3.11. The third-order valence-corrected chi connectivity index (χ3v) is 6.06. The first-order chi connectivity index (χ1) is 13.4. The Morgan fingerprint density at radius 1 is 1.14 bits per heavy atom.